The van der Waals surface area contributed by atoms with Gasteiger partial charge in [-0.2, -0.15) is 0 Å². The van der Waals surface area contributed by atoms with Crippen molar-refractivity contribution in [1.82, 2.24) is 4.90 Å². The maximum Gasteiger partial charge on any atom is 0.223 e. The lowest BCUT2D eigenvalue weighted by Crippen LogP contribution is -2.40. The van der Waals surface area contributed by atoms with Crippen molar-refractivity contribution in [3.05, 3.63) is 71.8 Å². The van der Waals surface area contributed by atoms with E-state index in [4.69, 9.17) is 0 Å². The van der Waals surface area contributed by atoms with Crippen molar-refractivity contribution < 1.29 is 13.2 Å². The first-order valence-corrected chi connectivity index (χ1v) is 11.4. The third kappa shape index (κ3) is 4.30. The molecule has 1 fully saturated rings. The number of amides is 1. The Bertz CT molecular complexity index is 862. The Kier molecular flexibility index (Phi) is 5.94. The molecule has 2 aromatic carbocycles. The van der Waals surface area contributed by atoms with Crippen molar-refractivity contribution in [3.8, 4) is 0 Å². The normalized spacial score (nSPS) is 17.9. The van der Waals surface area contributed by atoms with Gasteiger partial charge in [-0.15, -0.1) is 0 Å². The van der Waals surface area contributed by atoms with Gasteiger partial charge in [0.25, 0.3) is 0 Å². The van der Waals surface area contributed by atoms with Crippen LogP contribution in [0.2, 0.25) is 0 Å². The lowest BCUT2D eigenvalue weighted by atomic mass is 9.88. The predicted octanol–water partition coefficient (Wildman–Crippen LogP) is 4.02. The maximum atomic E-state index is 13.1. The minimum atomic E-state index is -3.27. The van der Waals surface area contributed by atoms with Crippen LogP contribution >= 0.6 is 0 Å². The zero-order valence-electron chi connectivity index (χ0n) is 16.8. The van der Waals surface area contributed by atoms with Gasteiger partial charge in [-0.3, -0.25) is 4.79 Å². The van der Waals surface area contributed by atoms with Crippen LogP contribution in [0.1, 0.15) is 50.7 Å². The van der Waals surface area contributed by atoms with Crippen LogP contribution in [0, 0.1) is 0 Å². The van der Waals surface area contributed by atoms with E-state index in [0.29, 0.717) is 25.9 Å². The third-order valence-corrected chi connectivity index (χ3v) is 8.54. The summed E-state index contributed by atoms with van der Waals surface area (Å²) in [7, 11) is -3.27. The molecule has 0 bridgehead atoms. The number of nitrogens with zero attached hydrogens (tertiary/aromatic N) is 1. The van der Waals surface area contributed by atoms with Crippen molar-refractivity contribution in [2.75, 3.05) is 13.1 Å². The molecule has 0 spiro atoms. The minimum Gasteiger partial charge on any atom is -0.341 e. The molecule has 3 rings (SSSR count). The summed E-state index contributed by atoms with van der Waals surface area (Å²) < 4.78 is 24.7. The topological polar surface area (TPSA) is 54.5 Å². The molecule has 1 saturated heterocycles. The monoisotopic (exact) mass is 399 g/mol. The highest BCUT2D eigenvalue weighted by Crippen LogP contribution is 2.31. The molecule has 0 aliphatic carbocycles. The van der Waals surface area contributed by atoms with E-state index >= 15 is 0 Å². The quantitative estimate of drug-likeness (QED) is 0.763. The van der Waals surface area contributed by atoms with Crippen molar-refractivity contribution in [1.29, 1.82) is 0 Å². The van der Waals surface area contributed by atoms with Gasteiger partial charge in [0.05, 0.1) is 10.00 Å². The lowest BCUT2D eigenvalue weighted by molar-refractivity contribution is -0.130. The fourth-order valence-corrected chi connectivity index (χ4v) is 5.60. The highest BCUT2D eigenvalue weighted by Gasteiger charge is 2.42. The largest absolute Gasteiger partial charge is 0.341 e. The zero-order valence-corrected chi connectivity index (χ0v) is 17.7. The molecule has 1 atom stereocenters. The summed E-state index contributed by atoms with van der Waals surface area (Å²) >= 11 is 0. The Morgan fingerprint density at radius 2 is 1.50 bits per heavy atom. The van der Waals surface area contributed by atoms with Crippen LogP contribution in [0.25, 0.3) is 0 Å². The molecule has 150 valence electrons. The summed E-state index contributed by atoms with van der Waals surface area (Å²) in [5, 5.41) is -0.469. The van der Waals surface area contributed by atoms with Crippen molar-refractivity contribution in [2.24, 2.45) is 0 Å². The first kappa shape index (κ1) is 20.6. The van der Waals surface area contributed by atoms with Crippen LogP contribution in [0.15, 0.2) is 60.7 Å². The first-order chi connectivity index (χ1) is 13.2. The molecule has 0 radical (unpaired) electrons. The van der Waals surface area contributed by atoms with Crippen molar-refractivity contribution in [2.45, 2.75) is 49.5 Å². The second-order valence-electron chi connectivity index (χ2n) is 8.49. The maximum absolute atomic E-state index is 13.1. The molecule has 1 unspecified atom stereocenters. The molecule has 0 N–H and O–H groups in total. The van der Waals surface area contributed by atoms with Crippen LogP contribution in [0.3, 0.4) is 0 Å². The molecule has 4 nitrogen and oxygen atoms in total. The average Bonchev–Trinajstić information content (AvgIpc) is 3.17. The molecule has 1 amide bonds. The molecule has 2 aromatic rings. The van der Waals surface area contributed by atoms with E-state index < -0.39 is 19.8 Å². The standard InChI is InChI=1S/C23H29NO3S/c1-23(2,3)28(26,27)20-14-15-24(17-20)22(25)16-21(18-10-6-4-7-11-18)19-12-8-5-9-13-19/h4-13,20-21H,14-17H2,1-3H3. The number of carbonyl (C=O) groups is 1. The fourth-order valence-electron chi connectivity index (χ4n) is 3.81. The summed E-state index contributed by atoms with van der Waals surface area (Å²) in [6, 6.07) is 20.0. The molecule has 0 aromatic heterocycles. The van der Waals surface area contributed by atoms with E-state index in [1.165, 1.54) is 0 Å². The molecule has 1 aliphatic heterocycles. The Balaban J connectivity index is 1.77. The van der Waals surface area contributed by atoms with Crippen LogP contribution in [-0.4, -0.2) is 42.3 Å². The summed E-state index contributed by atoms with van der Waals surface area (Å²) in [5.74, 6) is -0.0162. The second kappa shape index (κ2) is 8.08. The highest BCUT2D eigenvalue weighted by molar-refractivity contribution is 7.93. The Labute approximate surface area is 168 Å². The van der Waals surface area contributed by atoms with Gasteiger partial charge in [-0.1, -0.05) is 60.7 Å². The zero-order chi connectivity index (χ0) is 20.4. The van der Waals surface area contributed by atoms with Gasteiger partial charge in [0.15, 0.2) is 9.84 Å². The SMILES string of the molecule is CC(C)(C)S(=O)(=O)C1CCN(C(=O)CC(c2ccccc2)c2ccccc2)C1. The smallest absolute Gasteiger partial charge is 0.223 e. The van der Waals surface area contributed by atoms with Crippen molar-refractivity contribution in [3.63, 3.8) is 0 Å². The Hall–Kier alpha value is -2.14. The third-order valence-electron chi connectivity index (χ3n) is 5.57. The molecule has 0 saturated carbocycles. The van der Waals surface area contributed by atoms with E-state index in [0.717, 1.165) is 11.1 Å². The van der Waals surface area contributed by atoms with E-state index in [1.54, 1.807) is 25.7 Å². The van der Waals surface area contributed by atoms with Gasteiger partial charge in [0, 0.05) is 25.4 Å². The Morgan fingerprint density at radius 3 is 1.96 bits per heavy atom. The number of hydrogen-bond acceptors (Lipinski definition) is 3. The Morgan fingerprint density at radius 1 is 1.00 bits per heavy atom. The summed E-state index contributed by atoms with van der Waals surface area (Å²) in [4.78, 5) is 14.8. The average molecular weight is 400 g/mol. The van der Waals surface area contributed by atoms with Crippen LogP contribution in [0.5, 0.6) is 0 Å². The molecule has 1 aliphatic rings. The number of hydrogen-bond donors (Lipinski definition) is 0. The summed E-state index contributed by atoms with van der Waals surface area (Å²) in [6.45, 7) is 6.00. The van der Waals surface area contributed by atoms with E-state index in [-0.39, 0.29) is 11.8 Å². The van der Waals surface area contributed by atoms with E-state index in [2.05, 4.69) is 0 Å². The number of benzene rings is 2. The van der Waals surface area contributed by atoms with Gasteiger partial charge in [0.1, 0.15) is 0 Å². The second-order valence-corrected chi connectivity index (χ2v) is 11.5. The molecule has 5 heteroatoms. The molecule has 28 heavy (non-hydrogen) atoms. The van der Waals surface area contributed by atoms with Crippen LogP contribution in [-0.2, 0) is 14.6 Å². The van der Waals surface area contributed by atoms with Gasteiger partial charge < -0.3 is 4.90 Å². The van der Waals surface area contributed by atoms with Gasteiger partial charge in [-0.25, -0.2) is 8.42 Å². The van der Waals surface area contributed by atoms with Gasteiger partial charge in [0.2, 0.25) is 5.91 Å². The van der Waals surface area contributed by atoms with Gasteiger partial charge in [-0.05, 0) is 38.3 Å². The fraction of sp³-hybridized carbons (Fsp3) is 0.435. The van der Waals surface area contributed by atoms with E-state index in [1.807, 2.05) is 60.7 Å². The minimum absolute atomic E-state index is 0.0179. The van der Waals surface area contributed by atoms with E-state index in [9.17, 15) is 13.2 Å². The summed E-state index contributed by atoms with van der Waals surface area (Å²) in [5.41, 5.74) is 2.19. The summed E-state index contributed by atoms with van der Waals surface area (Å²) in [6.07, 6.45) is 0.864. The highest BCUT2D eigenvalue weighted by atomic mass is 32.2. The number of carbonyl (C=O) groups excluding carboxylic acids is 1. The van der Waals surface area contributed by atoms with Crippen LogP contribution in [0.4, 0.5) is 0 Å². The lowest BCUT2D eigenvalue weighted by Gasteiger charge is -2.25. The number of sulfone groups is 1. The van der Waals surface area contributed by atoms with Gasteiger partial charge >= 0.3 is 0 Å². The van der Waals surface area contributed by atoms with Crippen molar-refractivity contribution >= 4 is 15.7 Å². The first-order valence-electron chi connectivity index (χ1n) is 9.81. The number of likely N-dealkylation sites (tertiary alicyclic amines) is 1. The number of rotatable bonds is 5. The molecular weight excluding hydrogens is 370 g/mol. The molecule has 1 heterocycles. The predicted molar refractivity (Wildman–Crippen MR) is 113 cm³/mol. The van der Waals surface area contributed by atoms with Crippen LogP contribution < -0.4 is 0 Å². The molecular formula is C23H29NO3S.